The summed E-state index contributed by atoms with van der Waals surface area (Å²) in [4.78, 5) is 33.6. The molecule has 0 unspecified atom stereocenters. The maximum Gasteiger partial charge on any atom is 0.273 e. The van der Waals surface area contributed by atoms with E-state index in [4.69, 9.17) is 9.72 Å². The summed E-state index contributed by atoms with van der Waals surface area (Å²) in [5, 5.41) is 4.92. The first-order chi connectivity index (χ1) is 17.0. The van der Waals surface area contributed by atoms with Gasteiger partial charge in [-0.1, -0.05) is 35.9 Å². The number of hydrogen-bond acceptors (Lipinski definition) is 6. The molecule has 1 amide bonds. The third-order valence-electron chi connectivity index (χ3n) is 6.42. The van der Waals surface area contributed by atoms with Crippen molar-refractivity contribution in [2.45, 2.75) is 26.3 Å². The second-order valence-corrected chi connectivity index (χ2v) is 9.85. The molecule has 1 fully saturated rings. The largest absolute Gasteiger partial charge is 0.497 e. The summed E-state index contributed by atoms with van der Waals surface area (Å²) >= 11 is 1.42. The van der Waals surface area contributed by atoms with E-state index in [9.17, 15) is 9.59 Å². The quantitative estimate of drug-likeness (QED) is 0.427. The number of aryl methyl sites for hydroxylation is 1. The molecule has 5 rings (SSSR count). The molecule has 1 atom stereocenters. The summed E-state index contributed by atoms with van der Waals surface area (Å²) in [6.45, 7) is 3.74. The topological polar surface area (TPSA) is 76.5 Å². The van der Waals surface area contributed by atoms with Crippen molar-refractivity contribution >= 4 is 39.1 Å². The van der Waals surface area contributed by atoms with Crippen molar-refractivity contribution in [1.82, 2.24) is 9.55 Å². The number of thiophene rings is 1. The molecule has 1 N–H and O–H groups in total. The number of carbonyl (C=O) groups is 1. The lowest BCUT2D eigenvalue weighted by molar-refractivity contribution is -0.120. The summed E-state index contributed by atoms with van der Waals surface area (Å²) < 4.78 is 7.68. The molecule has 7 nitrogen and oxygen atoms in total. The number of fused-ring (bicyclic) bond motifs is 1. The second kappa shape index (κ2) is 9.92. The number of hydrogen-bond donors (Lipinski definition) is 1. The molecule has 0 bridgehead atoms. The predicted octanol–water partition coefficient (Wildman–Crippen LogP) is 4.68. The van der Waals surface area contributed by atoms with Crippen molar-refractivity contribution in [3.8, 4) is 5.75 Å². The van der Waals surface area contributed by atoms with E-state index in [0.717, 1.165) is 24.9 Å². The van der Waals surface area contributed by atoms with Gasteiger partial charge in [0.1, 0.15) is 10.4 Å². The molecular formula is C27H28N4O3S. The number of nitrogens with one attached hydrogen (secondary N) is 1. The molecule has 0 radical (unpaired) electrons. The van der Waals surface area contributed by atoms with E-state index in [1.54, 1.807) is 11.7 Å². The van der Waals surface area contributed by atoms with E-state index >= 15 is 0 Å². The highest BCUT2D eigenvalue weighted by Crippen LogP contribution is 2.26. The van der Waals surface area contributed by atoms with Crippen LogP contribution in [0.3, 0.4) is 0 Å². The number of methoxy groups -OCH3 is 1. The molecule has 2 aromatic heterocycles. The molecule has 1 aliphatic rings. The van der Waals surface area contributed by atoms with Gasteiger partial charge >= 0.3 is 0 Å². The summed E-state index contributed by atoms with van der Waals surface area (Å²) in [5.41, 5.74) is 3.59. The van der Waals surface area contributed by atoms with Gasteiger partial charge in [0.25, 0.3) is 5.56 Å². The number of carbonyl (C=O) groups excluding carboxylic acids is 1. The predicted molar refractivity (Wildman–Crippen MR) is 141 cm³/mol. The fourth-order valence-corrected chi connectivity index (χ4v) is 5.29. The minimum atomic E-state index is -0.210. The molecule has 0 aliphatic carbocycles. The summed E-state index contributed by atoms with van der Waals surface area (Å²) in [6, 6.07) is 17.4. The number of aromatic nitrogens is 2. The monoisotopic (exact) mass is 488 g/mol. The van der Waals surface area contributed by atoms with Crippen molar-refractivity contribution in [2.24, 2.45) is 5.92 Å². The lowest BCUT2D eigenvalue weighted by atomic mass is 9.97. The molecule has 3 heterocycles. The van der Waals surface area contributed by atoms with Crippen molar-refractivity contribution in [3.05, 3.63) is 81.5 Å². The minimum absolute atomic E-state index is 0.0352. The number of anilines is 2. The van der Waals surface area contributed by atoms with Gasteiger partial charge in [-0.05, 0) is 48.9 Å². The van der Waals surface area contributed by atoms with Crippen molar-refractivity contribution in [1.29, 1.82) is 0 Å². The zero-order valence-corrected chi connectivity index (χ0v) is 20.7. The van der Waals surface area contributed by atoms with Crippen LogP contribution in [0.5, 0.6) is 5.75 Å². The Bertz CT molecular complexity index is 1410. The lowest BCUT2D eigenvalue weighted by Crippen LogP contribution is -2.43. The van der Waals surface area contributed by atoms with E-state index in [-0.39, 0.29) is 17.4 Å². The number of rotatable bonds is 6. The van der Waals surface area contributed by atoms with Crippen LogP contribution in [0.15, 0.2) is 64.8 Å². The summed E-state index contributed by atoms with van der Waals surface area (Å²) in [6.07, 6.45) is 1.63. The molecular weight excluding hydrogens is 460 g/mol. The van der Waals surface area contributed by atoms with E-state index in [0.29, 0.717) is 40.7 Å². The zero-order chi connectivity index (χ0) is 24.4. The van der Waals surface area contributed by atoms with Gasteiger partial charge in [0.2, 0.25) is 11.9 Å². The number of benzene rings is 2. The van der Waals surface area contributed by atoms with Crippen LogP contribution in [-0.4, -0.2) is 35.7 Å². The maximum atomic E-state index is 13.5. The third-order valence-corrected chi connectivity index (χ3v) is 7.31. The van der Waals surface area contributed by atoms with Crippen LogP contribution in [0.25, 0.3) is 10.2 Å². The SMILES string of the molecule is COc1cccc(NC(=O)[C@H]2CCCN(c3nc4ccsc4c(=O)n3Cc3ccc(C)cc3)C2)c1. The third kappa shape index (κ3) is 4.93. The molecule has 0 spiro atoms. The zero-order valence-electron chi connectivity index (χ0n) is 19.9. The molecule has 2 aromatic carbocycles. The molecule has 1 saturated heterocycles. The molecule has 1 aliphatic heterocycles. The summed E-state index contributed by atoms with van der Waals surface area (Å²) in [5.74, 6) is 1.08. The Hall–Kier alpha value is -3.65. The van der Waals surface area contributed by atoms with Gasteiger partial charge in [0.15, 0.2) is 0 Å². The smallest absolute Gasteiger partial charge is 0.273 e. The van der Waals surface area contributed by atoms with E-state index < -0.39 is 0 Å². The van der Waals surface area contributed by atoms with Gasteiger partial charge < -0.3 is 15.0 Å². The Balaban J connectivity index is 1.43. The van der Waals surface area contributed by atoms with Crippen molar-refractivity contribution in [3.63, 3.8) is 0 Å². The van der Waals surface area contributed by atoms with Gasteiger partial charge in [-0.2, -0.15) is 0 Å². The van der Waals surface area contributed by atoms with Crippen LogP contribution < -0.4 is 20.5 Å². The average molecular weight is 489 g/mol. The van der Waals surface area contributed by atoms with Crippen molar-refractivity contribution < 1.29 is 9.53 Å². The molecule has 0 saturated carbocycles. The number of amides is 1. The number of piperidine rings is 1. The average Bonchev–Trinajstić information content (AvgIpc) is 3.36. The first-order valence-corrected chi connectivity index (χ1v) is 12.6. The first-order valence-electron chi connectivity index (χ1n) is 11.8. The normalized spacial score (nSPS) is 15.8. The first kappa shape index (κ1) is 23.1. The summed E-state index contributed by atoms with van der Waals surface area (Å²) in [7, 11) is 1.60. The second-order valence-electron chi connectivity index (χ2n) is 8.93. The van der Waals surface area contributed by atoms with E-state index in [1.807, 2.05) is 54.8 Å². The van der Waals surface area contributed by atoms with Gasteiger partial charge in [-0.3, -0.25) is 14.2 Å². The van der Waals surface area contributed by atoms with Crippen LogP contribution >= 0.6 is 11.3 Å². The lowest BCUT2D eigenvalue weighted by Gasteiger charge is -2.34. The van der Waals surface area contributed by atoms with Crippen LogP contribution in [0.4, 0.5) is 11.6 Å². The Labute approximate surface area is 208 Å². The van der Waals surface area contributed by atoms with Crippen LogP contribution in [0.1, 0.15) is 24.0 Å². The number of nitrogens with zero attached hydrogens (tertiary/aromatic N) is 3. The molecule has 180 valence electrons. The Morgan fingerprint density at radius 1 is 1.20 bits per heavy atom. The molecule has 4 aromatic rings. The fourth-order valence-electron chi connectivity index (χ4n) is 4.51. The van der Waals surface area contributed by atoms with Crippen LogP contribution in [0, 0.1) is 12.8 Å². The highest BCUT2D eigenvalue weighted by molar-refractivity contribution is 7.17. The highest BCUT2D eigenvalue weighted by Gasteiger charge is 2.29. The van der Waals surface area contributed by atoms with E-state index in [1.165, 1.54) is 16.9 Å². The standard InChI is InChI=1S/C27H28N4O3S/c1-18-8-10-19(11-9-18)16-31-26(33)24-23(12-14-35-24)29-27(31)30-13-4-5-20(17-30)25(32)28-21-6-3-7-22(15-21)34-2/h3,6-12,14-15,20H,4-5,13,16-17H2,1-2H3,(H,28,32)/t20-/m0/s1. The van der Waals surface area contributed by atoms with Crippen LogP contribution in [0.2, 0.25) is 0 Å². The Morgan fingerprint density at radius 3 is 2.83 bits per heavy atom. The Kier molecular flexibility index (Phi) is 6.55. The van der Waals surface area contributed by atoms with Gasteiger partial charge in [-0.15, -0.1) is 11.3 Å². The van der Waals surface area contributed by atoms with Gasteiger partial charge in [0, 0.05) is 24.8 Å². The molecule has 35 heavy (non-hydrogen) atoms. The minimum Gasteiger partial charge on any atom is -0.497 e. The van der Waals surface area contributed by atoms with E-state index in [2.05, 4.69) is 22.3 Å². The fraction of sp³-hybridized carbons (Fsp3) is 0.296. The van der Waals surface area contributed by atoms with Crippen molar-refractivity contribution in [2.75, 3.05) is 30.4 Å². The van der Waals surface area contributed by atoms with Gasteiger partial charge in [0.05, 0.1) is 25.1 Å². The maximum absolute atomic E-state index is 13.5. The van der Waals surface area contributed by atoms with Crippen LogP contribution in [-0.2, 0) is 11.3 Å². The van der Waals surface area contributed by atoms with Gasteiger partial charge in [-0.25, -0.2) is 4.98 Å². The Morgan fingerprint density at radius 2 is 2.03 bits per heavy atom. The molecule has 8 heteroatoms. The number of ether oxygens (including phenoxy) is 1. The highest BCUT2D eigenvalue weighted by atomic mass is 32.1.